The molecule has 0 N–H and O–H groups in total. The van der Waals surface area contributed by atoms with Crippen molar-refractivity contribution >= 4 is 79.2 Å². The van der Waals surface area contributed by atoms with E-state index < -0.39 is 0 Å². The maximum atomic E-state index is 6.48. The number of rotatable bonds is 6. The standard InChI is InChI=1S/C75H73BN2O/c1-71(2,3)50-28-31-53(32-29-50)77(54-34-37-67-58(45-54)56-26-18-19-27-66(56)79-67)55-33-35-61-64(46-55)78(63-36-30-51(72(4,5)6)42-57(63)48-24-16-13-17-25-48)65-41-49(47-22-14-12-15-23-47)40-59-69-68-60(74(10)38-20-21-39-75(69,74)11)43-52(73(7,8)9)44-62(68)76(61)70(59)65/h12-19,22-37,40-46,69H,20-21,38-39H2,1-11H3. The van der Waals surface area contributed by atoms with Crippen LogP contribution < -0.4 is 26.2 Å². The highest BCUT2D eigenvalue weighted by molar-refractivity contribution is 6.99. The van der Waals surface area contributed by atoms with Crippen LogP contribution in [0.25, 0.3) is 44.2 Å². The Hall–Kier alpha value is -7.56. The first kappa shape index (κ1) is 49.7. The van der Waals surface area contributed by atoms with Crippen molar-refractivity contribution in [3.05, 3.63) is 221 Å². The minimum Gasteiger partial charge on any atom is -0.456 e. The lowest BCUT2D eigenvalue weighted by atomic mass is 9.30. The normalized spacial score (nSPS) is 19.3. The molecule has 1 saturated carbocycles. The molecule has 1 fully saturated rings. The van der Waals surface area contributed by atoms with Crippen LogP contribution in [-0.2, 0) is 21.7 Å². The van der Waals surface area contributed by atoms with Crippen molar-refractivity contribution in [3.8, 4) is 22.3 Å². The first-order chi connectivity index (χ1) is 37.8. The van der Waals surface area contributed by atoms with E-state index in [1.165, 1.54) is 104 Å². The third-order valence-electron chi connectivity index (χ3n) is 19.6. The Kier molecular flexibility index (Phi) is 11.0. The van der Waals surface area contributed by atoms with E-state index in [2.05, 4.69) is 274 Å². The largest absolute Gasteiger partial charge is 0.456 e. The molecule has 9 aromatic carbocycles. The van der Waals surface area contributed by atoms with Crippen molar-refractivity contribution < 1.29 is 4.42 Å². The highest BCUT2D eigenvalue weighted by atomic mass is 16.3. The third kappa shape index (κ3) is 7.60. The van der Waals surface area contributed by atoms with Crippen LogP contribution in [0, 0.1) is 5.41 Å². The molecule has 1 aromatic heterocycles. The Labute approximate surface area is 469 Å². The SMILES string of the molecule is CC(C)(C)c1ccc(N(c2ccc3c(c2)N(c2ccc(C(C)(C)C)cc2-c2ccccc2)c2cc(-c4ccccc4)cc4c2B3c2cc(C(C)(C)C)cc3c2C4C2(C)CCCCC32C)c2ccc3oc4ccccc4c3c2)cc1. The summed E-state index contributed by atoms with van der Waals surface area (Å²) in [5, 5.41) is 2.23. The van der Waals surface area contributed by atoms with E-state index >= 15 is 0 Å². The molecule has 4 heteroatoms. The predicted octanol–water partition coefficient (Wildman–Crippen LogP) is 18.9. The van der Waals surface area contributed by atoms with Crippen molar-refractivity contribution in [1.82, 2.24) is 0 Å². The van der Waals surface area contributed by atoms with E-state index in [0.29, 0.717) is 0 Å². The first-order valence-electron chi connectivity index (χ1n) is 29.2. The summed E-state index contributed by atoms with van der Waals surface area (Å²) in [4.78, 5) is 5.19. The summed E-state index contributed by atoms with van der Waals surface area (Å²) >= 11 is 0. The molecule has 3 unspecified atom stereocenters. The molecule has 0 saturated heterocycles. The van der Waals surface area contributed by atoms with Crippen LogP contribution in [0.5, 0.6) is 0 Å². The fourth-order valence-corrected chi connectivity index (χ4v) is 15.0. The van der Waals surface area contributed by atoms with Gasteiger partial charge in [-0.2, -0.15) is 0 Å². The Balaban J connectivity index is 1.11. The minimum absolute atomic E-state index is 0.00421. The van der Waals surface area contributed by atoms with Gasteiger partial charge in [0.15, 0.2) is 0 Å². The van der Waals surface area contributed by atoms with Gasteiger partial charge in [0.05, 0.1) is 5.69 Å². The molecule has 0 bridgehead atoms. The zero-order chi connectivity index (χ0) is 54.5. The van der Waals surface area contributed by atoms with E-state index in [4.69, 9.17) is 4.42 Å². The highest BCUT2D eigenvalue weighted by Gasteiger charge is 2.62. The van der Waals surface area contributed by atoms with Gasteiger partial charge in [0.25, 0.3) is 0 Å². The minimum atomic E-state index is -0.0618. The number of hydrogen-bond acceptors (Lipinski definition) is 3. The second-order valence-electron chi connectivity index (χ2n) is 27.3. The van der Waals surface area contributed by atoms with Gasteiger partial charge in [-0.3, -0.25) is 0 Å². The molecule has 0 amide bonds. The lowest BCUT2D eigenvalue weighted by molar-refractivity contribution is 0.0926. The van der Waals surface area contributed by atoms with Crippen LogP contribution in [-0.4, -0.2) is 6.71 Å². The summed E-state index contributed by atoms with van der Waals surface area (Å²) in [5.41, 5.74) is 26.8. The van der Waals surface area contributed by atoms with Crippen LogP contribution in [0.4, 0.5) is 34.1 Å². The molecule has 10 aromatic rings. The maximum absolute atomic E-state index is 6.48. The summed E-state index contributed by atoms with van der Waals surface area (Å²) in [7, 11) is 0. The summed E-state index contributed by atoms with van der Waals surface area (Å²) < 4.78 is 6.48. The number of fused-ring (bicyclic) bond motifs is 10. The molecule has 4 aliphatic rings. The van der Waals surface area contributed by atoms with Crippen molar-refractivity contribution in [2.45, 2.75) is 129 Å². The Morgan fingerprint density at radius 3 is 1.82 bits per heavy atom. The quantitative estimate of drug-likeness (QED) is 0.155. The van der Waals surface area contributed by atoms with E-state index in [-0.39, 0.29) is 39.7 Å². The van der Waals surface area contributed by atoms with Gasteiger partial charge in [0, 0.05) is 50.7 Å². The van der Waals surface area contributed by atoms with Gasteiger partial charge in [-0.15, -0.1) is 0 Å². The number of hydrogen-bond donors (Lipinski definition) is 0. The van der Waals surface area contributed by atoms with Crippen molar-refractivity contribution in [2.24, 2.45) is 5.41 Å². The molecular formula is C75H73BN2O. The number of para-hydroxylation sites is 1. The number of anilines is 6. The Morgan fingerprint density at radius 2 is 1.10 bits per heavy atom. The topological polar surface area (TPSA) is 19.6 Å². The molecule has 392 valence electrons. The van der Waals surface area contributed by atoms with Crippen LogP contribution in [0.3, 0.4) is 0 Å². The van der Waals surface area contributed by atoms with E-state index in [9.17, 15) is 0 Å². The molecule has 0 spiro atoms. The molecule has 3 atom stereocenters. The highest BCUT2D eigenvalue weighted by Crippen LogP contribution is 2.68. The number of furan rings is 1. The molecule has 2 aliphatic heterocycles. The van der Waals surface area contributed by atoms with Crippen LogP contribution in [0.15, 0.2) is 192 Å². The average Bonchev–Trinajstić information content (AvgIpc) is 2.18. The molecule has 2 aliphatic carbocycles. The van der Waals surface area contributed by atoms with Gasteiger partial charge in [-0.25, -0.2) is 0 Å². The van der Waals surface area contributed by atoms with Crippen LogP contribution in [0.1, 0.15) is 141 Å². The average molecular weight is 1030 g/mol. The van der Waals surface area contributed by atoms with E-state index in [0.717, 1.165) is 39.0 Å². The van der Waals surface area contributed by atoms with Crippen LogP contribution >= 0.6 is 0 Å². The summed E-state index contributed by atoms with van der Waals surface area (Å²) in [5.74, 6) is 0.255. The zero-order valence-corrected chi connectivity index (χ0v) is 48.2. The monoisotopic (exact) mass is 1030 g/mol. The lowest BCUT2D eigenvalue weighted by Gasteiger charge is -2.51. The maximum Gasteiger partial charge on any atom is 0.247 e. The predicted molar refractivity (Wildman–Crippen MR) is 337 cm³/mol. The van der Waals surface area contributed by atoms with Gasteiger partial charge in [-0.1, -0.05) is 216 Å². The Morgan fingerprint density at radius 1 is 0.481 bits per heavy atom. The van der Waals surface area contributed by atoms with Crippen molar-refractivity contribution in [2.75, 3.05) is 9.80 Å². The molecule has 79 heavy (non-hydrogen) atoms. The van der Waals surface area contributed by atoms with Gasteiger partial charge in [0.1, 0.15) is 11.2 Å². The Bertz CT molecular complexity index is 4070. The molecule has 0 radical (unpaired) electrons. The van der Waals surface area contributed by atoms with Gasteiger partial charge in [0.2, 0.25) is 6.71 Å². The number of benzene rings is 9. The second-order valence-corrected chi connectivity index (χ2v) is 27.3. The molecule has 14 rings (SSSR count). The fourth-order valence-electron chi connectivity index (χ4n) is 15.0. The van der Waals surface area contributed by atoms with Gasteiger partial charge < -0.3 is 14.2 Å². The fraction of sp³-hybridized carbons (Fsp3) is 0.280. The molecule has 3 heterocycles. The summed E-state index contributed by atoms with van der Waals surface area (Å²) in [6.07, 6.45) is 4.96. The first-order valence-corrected chi connectivity index (χ1v) is 29.2. The molecular weight excluding hydrogens is 956 g/mol. The third-order valence-corrected chi connectivity index (χ3v) is 19.6. The van der Waals surface area contributed by atoms with Gasteiger partial charge in [-0.05, 0) is 168 Å². The van der Waals surface area contributed by atoms with Crippen molar-refractivity contribution in [1.29, 1.82) is 0 Å². The van der Waals surface area contributed by atoms with E-state index in [1.54, 1.807) is 11.1 Å². The molecule has 3 nitrogen and oxygen atoms in total. The van der Waals surface area contributed by atoms with Gasteiger partial charge >= 0.3 is 0 Å². The van der Waals surface area contributed by atoms with Crippen molar-refractivity contribution in [3.63, 3.8) is 0 Å². The lowest BCUT2D eigenvalue weighted by Crippen LogP contribution is -2.62. The number of nitrogens with zero attached hydrogens (tertiary/aromatic N) is 2. The smallest absolute Gasteiger partial charge is 0.247 e. The van der Waals surface area contributed by atoms with Crippen LogP contribution in [0.2, 0.25) is 0 Å². The van der Waals surface area contributed by atoms with E-state index in [1.807, 2.05) is 0 Å². The zero-order valence-electron chi connectivity index (χ0n) is 48.2. The summed E-state index contributed by atoms with van der Waals surface area (Å²) in [6.45, 7) is 26.5. The summed E-state index contributed by atoms with van der Waals surface area (Å²) in [6, 6.07) is 72.3. The second kappa shape index (κ2) is 17.5.